The van der Waals surface area contributed by atoms with Gasteiger partial charge in [0.1, 0.15) is 12.2 Å². The molecule has 0 saturated heterocycles. The van der Waals surface area contributed by atoms with Gasteiger partial charge in [0, 0.05) is 0 Å². The summed E-state index contributed by atoms with van der Waals surface area (Å²) < 4.78 is 5.99. The minimum atomic E-state index is -1.23. The van der Waals surface area contributed by atoms with Crippen molar-refractivity contribution in [3.63, 3.8) is 0 Å². The molecule has 0 heterocycles. The van der Waals surface area contributed by atoms with Crippen LogP contribution in [0, 0.1) is 17.2 Å². The average molecular weight is 275 g/mol. The summed E-state index contributed by atoms with van der Waals surface area (Å²) in [6.07, 6.45) is -0.480. The maximum absolute atomic E-state index is 10.7. The number of nitrogens with zero attached hydrogens (tertiary/aromatic N) is 1. The third-order valence-electron chi connectivity index (χ3n) is 2.95. The van der Waals surface area contributed by atoms with Gasteiger partial charge < -0.3 is 9.84 Å². The van der Waals surface area contributed by atoms with E-state index in [0.717, 1.165) is 0 Å². The van der Waals surface area contributed by atoms with E-state index in [1.807, 2.05) is 65.0 Å². The zero-order valence-corrected chi connectivity index (χ0v) is 13.1. The van der Waals surface area contributed by atoms with Crippen LogP contribution in [0.3, 0.4) is 0 Å². The first-order valence-electron chi connectivity index (χ1n) is 7.04. The molecule has 0 aromatic heterocycles. The van der Waals surface area contributed by atoms with Gasteiger partial charge in [-0.15, -0.1) is 0 Å². The first-order chi connectivity index (χ1) is 9.20. The highest BCUT2D eigenvalue weighted by Crippen LogP contribution is 2.37. The van der Waals surface area contributed by atoms with Gasteiger partial charge in [0.05, 0.1) is 5.60 Å². The molecule has 0 aliphatic rings. The van der Waals surface area contributed by atoms with Gasteiger partial charge in [-0.2, -0.15) is 5.26 Å². The Morgan fingerprint density at radius 2 is 1.75 bits per heavy atom. The standard InChI is InChI=1S/C17H25NO2/c1-13(2)11-17(12-18,20-16(3,4)5)15(19)14-9-7-6-8-10-14/h6-10,13,15,19H,11H2,1-5H3/t15-,17+/m0/s1. The monoisotopic (exact) mass is 275 g/mol. The Hall–Kier alpha value is -1.37. The average Bonchev–Trinajstić information content (AvgIpc) is 2.35. The number of hydrogen-bond donors (Lipinski definition) is 1. The Morgan fingerprint density at radius 1 is 1.20 bits per heavy atom. The summed E-state index contributed by atoms with van der Waals surface area (Å²) in [5, 5.41) is 20.4. The lowest BCUT2D eigenvalue weighted by atomic mass is 9.84. The second-order valence-electron chi connectivity index (χ2n) is 6.63. The molecule has 0 aliphatic carbocycles. The molecule has 3 heteroatoms. The third kappa shape index (κ3) is 4.33. The van der Waals surface area contributed by atoms with Crippen molar-refractivity contribution in [3.8, 4) is 6.07 Å². The van der Waals surface area contributed by atoms with Crippen LogP contribution in [0.1, 0.15) is 52.7 Å². The van der Waals surface area contributed by atoms with Crippen LogP contribution >= 0.6 is 0 Å². The first-order valence-corrected chi connectivity index (χ1v) is 7.04. The molecule has 3 nitrogen and oxygen atoms in total. The van der Waals surface area contributed by atoms with Crippen LogP contribution in [0.5, 0.6) is 0 Å². The molecule has 1 aromatic carbocycles. The SMILES string of the molecule is CC(C)C[C@](C#N)(OC(C)(C)C)[C@@H](O)c1ccccc1. The largest absolute Gasteiger partial charge is 0.384 e. The molecule has 0 radical (unpaired) electrons. The maximum atomic E-state index is 10.7. The number of nitriles is 1. The molecule has 0 aliphatic heterocycles. The summed E-state index contributed by atoms with van der Waals surface area (Å²) in [5.41, 5.74) is -1.02. The van der Waals surface area contributed by atoms with Crippen molar-refractivity contribution in [1.82, 2.24) is 0 Å². The Morgan fingerprint density at radius 3 is 2.15 bits per heavy atom. The highest BCUT2D eigenvalue weighted by Gasteiger charge is 2.43. The van der Waals surface area contributed by atoms with Gasteiger partial charge in [-0.25, -0.2) is 0 Å². The number of benzene rings is 1. The fourth-order valence-electron chi connectivity index (χ4n) is 2.40. The Balaban J connectivity index is 3.19. The van der Waals surface area contributed by atoms with E-state index in [2.05, 4.69) is 6.07 Å². The fraction of sp³-hybridized carbons (Fsp3) is 0.588. The van der Waals surface area contributed by atoms with E-state index in [1.54, 1.807) is 0 Å². The van der Waals surface area contributed by atoms with E-state index in [9.17, 15) is 10.4 Å². The summed E-state index contributed by atoms with van der Waals surface area (Å²) in [7, 11) is 0. The number of aliphatic hydroxyl groups is 1. The van der Waals surface area contributed by atoms with Crippen LogP contribution in [0.2, 0.25) is 0 Å². The van der Waals surface area contributed by atoms with E-state index in [4.69, 9.17) is 4.74 Å². The first kappa shape index (κ1) is 16.7. The molecule has 0 spiro atoms. The van der Waals surface area contributed by atoms with E-state index in [0.29, 0.717) is 12.0 Å². The highest BCUT2D eigenvalue weighted by atomic mass is 16.5. The van der Waals surface area contributed by atoms with Crippen molar-refractivity contribution in [1.29, 1.82) is 5.26 Å². The quantitative estimate of drug-likeness (QED) is 0.888. The molecule has 0 saturated carbocycles. The number of rotatable bonds is 5. The van der Waals surface area contributed by atoms with Gasteiger partial charge >= 0.3 is 0 Å². The molecule has 0 fully saturated rings. The second-order valence-corrected chi connectivity index (χ2v) is 6.63. The van der Waals surface area contributed by atoms with E-state index < -0.39 is 17.3 Å². The normalized spacial score (nSPS) is 16.5. The summed E-state index contributed by atoms with van der Waals surface area (Å²) in [4.78, 5) is 0. The van der Waals surface area contributed by atoms with Crippen molar-refractivity contribution in [2.45, 2.75) is 58.3 Å². The van der Waals surface area contributed by atoms with Crippen LogP contribution in [0.15, 0.2) is 30.3 Å². The van der Waals surface area contributed by atoms with Crippen LogP contribution in [-0.2, 0) is 4.74 Å². The summed E-state index contributed by atoms with van der Waals surface area (Å²) in [5.74, 6) is 0.246. The van der Waals surface area contributed by atoms with Gasteiger partial charge in [-0.1, -0.05) is 44.2 Å². The molecule has 0 bridgehead atoms. The molecule has 2 atom stereocenters. The predicted molar refractivity (Wildman–Crippen MR) is 80.0 cm³/mol. The third-order valence-corrected chi connectivity index (χ3v) is 2.95. The summed E-state index contributed by atoms with van der Waals surface area (Å²) >= 11 is 0. The van der Waals surface area contributed by atoms with Gasteiger partial charge in [0.2, 0.25) is 0 Å². The second kappa shape index (κ2) is 6.39. The Labute approximate surface area is 122 Å². The molecule has 1 aromatic rings. The van der Waals surface area contributed by atoms with Crippen molar-refractivity contribution in [2.24, 2.45) is 5.92 Å². The van der Waals surface area contributed by atoms with Crippen LogP contribution in [0.4, 0.5) is 0 Å². The zero-order chi connectivity index (χ0) is 15.4. The molecule has 1 rings (SSSR count). The topological polar surface area (TPSA) is 53.2 Å². The minimum absolute atomic E-state index is 0.246. The molecule has 0 unspecified atom stereocenters. The van der Waals surface area contributed by atoms with Crippen molar-refractivity contribution < 1.29 is 9.84 Å². The van der Waals surface area contributed by atoms with Crippen LogP contribution in [-0.4, -0.2) is 16.3 Å². The van der Waals surface area contributed by atoms with E-state index in [1.165, 1.54) is 0 Å². The smallest absolute Gasteiger partial charge is 0.184 e. The van der Waals surface area contributed by atoms with Crippen LogP contribution < -0.4 is 0 Å². The lowest BCUT2D eigenvalue weighted by Gasteiger charge is -2.38. The van der Waals surface area contributed by atoms with E-state index >= 15 is 0 Å². The summed E-state index contributed by atoms with van der Waals surface area (Å²) in [6, 6.07) is 11.5. The van der Waals surface area contributed by atoms with Crippen LogP contribution in [0.25, 0.3) is 0 Å². The number of ether oxygens (including phenoxy) is 1. The molecular weight excluding hydrogens is 250 g/mol. The summed E-state index contributed by atoms with van der Waals surface area (Å²) in [6.45, 7) is 9.75. The Kier molecular flexibility index (Phi) is 5.33. The maximum Gasteiger partial charge on any atom is 0.184 e. The van der Waals surface area contributed by atoms with Gasteiger partial charge in [-0.05, 0) is 38.7 Å². The van der Waals surface area contributed by atoms with E-state index in [-0.39, 0.29) is 5.92 Å². The molecule has 0 amide bonds. The predicted octanol–water partition coefficient (Wildman–Crippen LogP) is 3.84. The van der Waals surface area contributed by atoms with Gasteiger partial charge in [0.25, 0.3) is 0 Å². The van der Waals surface area contributed by atoms with Crippen molar-refractivity contribution in [3.05, 3.63) is 35.9 Å². The molecule has 20 heavy (non-hydrogen) atoms. The molecule has 110 valence electrons. The van der Waals surface area contributed by atoms with Gasteiger partial charge in [-0.3, -0.25) is 0 Å². The highest BCUT2D eigenvalue weighted by molar-refractivity contribution is 5.24. The Bertz CT molecular complexity index is 456. The lowest BCUT2D eigenvalue weighted by Crippen LogP contribution is -2.45. The lowest BCUT2D eigenvalue weighted by molar-refractivity contribution is -0.162. The van der Waals surface area contributed by atoms with Gasteiger partial charge in [0.15, 0.2) is 5.60 Å². The molecular formula is C17H25NO2. The minimum Gasteiger partial charge on any atom is -0.384 e. The zero-order valence-electron chi connectivity index (χ0n) is 13.1. The number of aliphatic hydroxyl groups excluding tert-OH is 1. The van der Waals surface area contributed by atoms with Crippen molar-refractivity contribution in [2.75, 3.05) is 0 Å². The molecule has 1 N–H and O–H groups in total. The van der Waals surface area contributed by atoms with Crippen molar-refractivity contribution >= 4 is 0 Å². The number of hydrogen-bond acceptors (Lipinski definition) is 3. The fourth-order valence-corrected chi connectivity index (χ4v) is 2.40.